The molecule has 0 aliphatic heterocycles. The van der Waals surface area contributed by atoms with Gasteiger partial charge in [0.2, 0.25) is 0 Å². The number of thiophene rings is 1. The summed E-state index contributed by atoms with van der Waals surface area (Å²) in [6.07, 6.45) is 0.771. The monoisotopic (exact) mass is 393 g/mol. The van der Waals surface area contributed by atoms with Crippen molar-refractivity contribution in [2.45, 2.75) is 6.42 Å². The lowest BCUT2D eigenvalue weighted by atomic mass is 10.2. The van der Waals surface area contributed by atoms with Gasteiger partial charge in [-0.15, -0.1) is 11.3 Å². The quantitative estimate of drug-likeness (QED) is 0.670. The van der Waals surface area contributed by atoms with E-state index in [1.165, 1.54) is 17.0 Å². The molecule has 0 unspecified atom stereocenters. The Balaban J connectivity index is 1.58. The summed E-state index contributed by atoms with van der Waals surface area (Å²) in [5, 5.41) is 2.83. The van der Waals surface area contributed by atoms with E-state index in [1.54, 1.807) is 35.6 Å². The molecule has 0 atom stereocenters. The van der Waals surface area contributed by atoms with Gasteiger partial charge in [0.15, 0.2) is 5.76 Å². The molecule has 1 N–H and O–H groups in total. The number of hydrogen-bond acceptors (Lipinski definition) is 3. The van der Waals surface area contributed by atoms with Crippen molar-refractivity contribution in [1.82, 2.24) is 5.32 Å². The van der Waals surface area contributed by atoms with Crippen LogP contribution >= 0.6 is 27.3 Å². The van der Waals surface area contributed by atoms with Crippen LogP contribution in [-0.4, -0.2) is 12.5 Å². The molecule has 6 heteroatoms. The maximum absolute atomic E-state index is 12.9. The third-order valence-electron chi connectivity index (χ3n) is 3.24. The first-order chi connectivity index (χ1) is 11.1. The van der Waals surface area contributed by atoms with Crippen LogP contribution in [-0.2, 0) is 6.42 Å². The minimum absolute atomic E-state index is 0.247. The van der Waals surface area contributed by atoms with Gasteiger partial charge in [-0.05, 0) is 70.9 Å². The van der Waals surface area contributed by atoms with Gasteiger partial charge in [-0.3, -0.25) is 4.79 Å². The second kappa shape index (κ2) is 7.10. The van der Waals surface area contributed by atoms with E-state index in [0.29, 0.717) is 12.3 Å². The summed E-state index contributed by atoms with van der Waals surface area (Å²) in [4.78, 5) is 13.3. The van der Waals surface area contributed by atoms with E-state index in [4.69, 9.17) is 4.42 Å². The number of hydrogen-bond donors (Lipinski definition) is 1. The third-order valence-corrected chi connectivity index (χ3v) is 4.93. The van der Waals surface area contributed by atoms with E-state index in [2.05, 4.69) is 21.2 Å². The Morgan fingerprint density at radius 1 is 1.13 bits per heavy atom. The van der Waals surface area contributed by atoms with Crippen molar-refractivity contribution in [2.75, 3.05) is 6.54 Å². The Morgan fingerprint density at radius 2 is 1.91 bits per heavy atom. The average Bonchev–Trinajstić information content (AvgIpc) is 3.17. The first-order valence-electron chi connectivity index (χ1n) is 7.00. The summed E-state index contributed by atoms with van der Waals surface area (Å²) in [7, 11) is 0. The minimum atomic E-state index is -0.307. The van der Waals surface area contributed by atoms with Crippen molar-refractivity contribution < 1.29 is 13.6 Å². The molecule has 2 heterocycles. The zero-order valence-corrected chi connectivity index (χ0v) is 14.4. The second-order valence-corrected chi connectivity index (χ2v) is 7.43. The molecule has 3 rings (SSSR count). The van der Waals surface area contributed by atoms with Crippen molar-refractivity contribution in [3.8, 4) is 11.3 Å². The predicted octanol–water partition coefficient (Wildman–Crippen LogP) is 4.88. The van der Waals surface area contributed by atoms with Crippen LogP contribution in [0.2, 0.25) is 0 Å². The van der Waals surface area contributed by atoms with Gasteiger partial charge in [0.25, 0.3) is 5.91 Å². The van der Waals surface area contributed by atoms with E-state index in [9.17, 15) is 9.18 Å². The maximum atomic E-state index is 12.9. The minimum Gasteiger partial charge on any atom is -0.451 e. The number of rotatable bonds is 5. The Bertz CT molecular complexity index is 810. The second-order valence-electron chi connectivity index (χ2n) is 4.88. The number of amides is 1. The van der Waals surface area contributed by atoms with Crippen LogP contribution in [0, 0.1) is 5.82 Å². The highest BCUT2D eigenvalue weighted by Gasteiger charge is 2.12. The van der Waals surface area contributed by atoms with Crippen molar-refractivity contribution in [3.05, 3.63) is 68.8 Å². The van der Waals surface area contributed by atoms with Crippen molar-refractivity contribution in [3.63, 3.8) is 0 Å². The number of carbonyl (C=O) groups is 1. The molecular formula is C17H13BrFNO2S. The highest BCUT2D eigenvalue weighted by atomic mass is 79.9. The van der Waals surface area contributed by atoms with Gasteiger partial charge in [0, 0.05) is 17.0 Å². The van der Waals surface area contributed by atoms with E-state index < -0.39 is 0 Å². The molecule has 0 aliphatic rings. The molecule has 2 aromatic heterocycles. The summed E-state index contributed by atoms with van der Waals surface area (Å²) in [6, 6.07) is 13.3. The van der Waals surface area contributed by atoms with Gasteiger partial charge in [0.1, 0.15) is 11.6 Å². The first kappa shape index (κ1) is 16.0. The Labute approximate surface area is 145 Å². The normalized spacial score (nSPS) is 10.7. The molecular weight excluding hydrogens is 381 g/mol. The van der Waals surface area contributed by atoms with Gasteiger partial charge in [0.05, 0.1) is 3.79 Å². The SMILES string of the molecule is O=C(NCCc1ccc(Br)s1)c1ccc(-c2ccc(F)cc2)o1. The number of furan rings is 1. The van der Waals surface area contributed by atoms with Gasteiger partial charge >= 0.3 is 0 Å². The van der Waals surface area contributed by atoms with Crippen LogP contribution < -0.4 is 5.32 Å². The van der Waals surface area contributed by atoms with Gasteiger partial charge < -0.3 is 9.73 Å². The molecule has 23 heavy (non-hydrogen) atoms. The lowest BCUT2D eigenvalue weighted by Crippen LogP contribution is -2.25. The topological polar surface area (TPSA) is 42.2 Å². The van der Waals surface area contributed by atoms with E-state index in [-0.39, 0.29) is 17.5 Å². The number of nitrogens with one attached hydrogen (secondary N) is 1. The van der Waals surface area contributed by atoms with Crippen LogP contribution in [0.5, 0.6) is 0 Å². The van der Waals surface area contributed by atoms with Gasteiger partial charge in [-0.25, -0.2) is 4.39 Å². The molecule has 0 saturated carbocycles. The van der Waals surface area contributed by atoms with E-state index >= 15 is 0 Å². The molecule has 0 fully saturated rings. The summed E-state index contributed by atoms with van der Waals surface area (Å²) in [6.45, 7) is 0.540. The smallest absolute Gasteiger partial charge is 0.287 e. The first-order valence-corrected chi connectivity index (χ1v) is 8.61. The lowest BCUT2D eigenvalue weighted by Gasteiger charge is -2.02. The van der Waals surface area contributed by atoms with Crippen LogP contribution in [0.1, 0.15) is 15.4 Å². The summed E-state index contributed by atoms with van der Waals surface area (Å²) in [5.74, 6) is 0.224. The molecule has 0 aliphatic carbocycles. The van der Waals surface area contributed by atoms with Crippen molar-refractivity contribution >= 4 is 33.2 Å². The fourth-order valence-electron chi connectivity index (χ4n) is 2.10. The van der Waals surface area contributed by atoms with Crippen LogP contribution in [0.25, 0.3) is 11.3 Å². The van der Waals surface area contributed by atoms with Gasteiger partial charge in [-0.2, -0.15) is 0 Å². The lowest BCUT2D eigenvalue weighted by molar-refractivity contribution is 0.0927. The van der Waals surface area contributed by atoms with Crippen LogP contribution in [0.3, 0.4) is 0 Å². The number of carbonyl (C=O) groups excluding carboxylic acids is 1. The standard InChI is InChI=1S/C17H13BrFNO2S/c18-16-8-5-13(23-16)9-10-20-17(21)15-7-6-14(22-15)11-1-3-12(19)4-2-11/h1-8H,9-10H2,(H,20,21). The van der Waals surface area contributed by atoms with Crippen LogP contribution in [0.4, 0.5) is 4.39 Å². The maximum Gasteiger partial charge on any atom is 0.287 e. The zero-order chi connectivity index (χ0) is 16.2. The molecule has 0 spiro atoms. The summed E-state index contributed by atoms with van der Waals surface area (Å²) >= 11 is 5.06. The van der Waals surface area contributed by atoms with Crippen molar-refractivity contribution in [1.29, 1.82) is 0 Å². The molecule has 0 radical (unpaired) electrons. The van der Waals surface area contributed by atoms with Crippen molar-refractivity contribution in [2.24, 2.45) is 0 Å². The fourth-order valence-corrected chi connectivity index (χ4v) is 3.58. The molecule has 1 amide bonds. The van der Waals surface area contributed by atoms with Crippen LogP contribution in [0.15, 0.2) is 56.7 Å². The van der Waals surface area contributed by atoms with E-state index in [1.807, 2.05) is 12.1 Å². The highest BCUT2D eigenvalue weighted by Crippen LogP contribution is 2.23. The van der Waals surface area contributed by atoms with Gasteiger partial charge in [-0.1, -0.05) is 0 Å². The molecule has 1 aromatic carbocycles. The number of halogens is 2. The zero-order valence-electron chi connectivity index (χ0n) is 12.0. The highest BCUT2D eigenvalue weighted by molar-refractivity contribution is 9.11. The predicted molar refractivity (Wildman–Crippen MR) is 92.2 cm³/mol. The Hall–Kier alpha value is -1.92. The summed E-state index contributed by atoms with van der Waals surface area (Å²) < 4.78 is 19.5. The average molecular weight is 394 g/mol. The van der Waals surface area contributed by atoms with E-state index in [0.717, 1.165) is 15.8 Å². The summed E-state index contributed by atoms with van der Waals surface area (Å²) in [5.41, 5.74) is 0.730. The third kappa shape index (κ3) is 4.09. The molecule has 118 valence electrons. The Morgan fingerprint density at radius 3 is 2.61 bits per heavy atom. The molecule has 0 bridgehead atoms. The fraction of sp³-hybridized carbons (Fsp3) is 0.118. The molecule has 0 saturated heterocycles. The number of benzene rings is 1. The molecule has 3 nitrogen and oxygen atoms in total. The molecule has 3 aromatic rings. The Kier molecular flexibility index (Phi) is 4.93. The largest absolute Gasteiger partial charge is 0.451 e.